The molecule has 0 aliphatic heterocycles. The minimum Gasteiger partial charge on any atom is -0.450 e. The van der Waals surface area contributed by atoms with Gasteiger partial charge in [0, 0.05) is 10.6 Å². The topological polar surface area (TPSA) is 170 Å². The summed E-state index contributed by atoms with van der Waals surface area (Å²) < 4.78 is 22.5. The zero-order chi connectivity index (χ0) is 24.3. The van der Waals surface area contributed by atoms with Crippen molar-refractivity contribution in [3.8, 4) is 17.6 Å². The SMILES string of the molecule is Cc1ncn(Cc2cc(Cl)nn(COP(=O)(O)O)c2=O)c(=O)c1Oc1cc(Cl)cc(C#N)c1. The molecule has 0 amide bonds. The molecule has 2 heterocycles. The maximum atomic E-state index is 13.0. The van der Waals surface area contributed by atoms with Crippen LogP contribution in [-0.4, -0.2) is 29.1 Å². The zero-order valence-electron chi connectivity index (χ0n) is 16.7. The highest BCUT2D eigenvalue weighted by Gasteiger charge is 2.18. The first-order valence-corrected chi connectivity index (χ1v) is 11.2. The van der Waals surface area contributed by atoms with Crippen molar-refractivity contribution in [1.82, 2.24) is 19.3 Å². The Labute approximate surface area is 195 Å². The number of ether oxygens (including phenoxy) is 1. The van der Waals surface area contributed by atoms with Gasteiger partial charge in [0.15, 0.2) is 6.73 Å². The van der Waals surface area contributed by atoms with Gasteiger partial charge >= 0.3 is 7.82 Å². The van der Waals surface area contributed by atoms with E-state index >= 15 is 0 Å². The van der Waals surface area contributed by atoms with Crippen molar-refractivity contribution in [2.75, 3.05) is 0 Å². The second-order valence-corrected chi connectivity index (χ2v) is 8.59. The van der Waals surface area contributed by atoms with Crippen LogP contribution >= 0.6 is 31.0 Å². The van der Waals surface area contributed by atoms with Crippen LogP contribution in [0.2, 0.25) is 10.2 Å². The fraction of sp³-hybridized carbons (Fsp3) is 0.167. The highest BCUT2D eigenvalue weighted by Crippen LogP contribution is 2.35. The average Bonchev–Trinajstić information content (AvgIpc) is 2.73. The summed E-state index contributed by atoms with van der Waals surface area (Å²) in [5.41, 5.74) is -1.00. The third-order valence-electron chi connectivity index (χ3n) is 4.10. The van der Waals surface area contributed by atoms with Crippen molar-refractivity contribution >= 4 is 31.0 Å². The Morgan fingerprint density at radius 2 is 1.91 bits per heavy atom. The van der Waals surface area contributed by atoms with Gasteiger partial charge in [-0.2, -0.15) is 10.4 Å². The minimum absolute atomic E-state index is 0.0301. The second-order valence-electron chi connectivity index (χ2n) is 6.53. The molecule has 3 rings (SSSR count). The van der Waals surface area contributed by atoms with Gasteiger partial charge in [0.1, 0.15) is 10.9 Å². The molecule has 33 heavy (non-hydrogen) atoms. The Hall–Kier alpha value is -3.04. The molecule has 0 fully saturated rings. The standard InChI is InChI=1S/C18H14Cl2N5O7P/c1-10-16(32-14-3-11(6-21)2-13(19)5-14)18(27)24(8-22-10)7-12-4-15(20)23-25(17(12)26)9-31-33(28,29)30/h2-5,8H,7,9H2,1H3,(H2,28,29,30). The molecule has 172 valence electrons. The fourth-order valence-corrected chi connectivity index (χ4v) is 3.37. The van der Waals surface area contributed by atoms with Gasteiger partial charge in [0.05, 0.1) is 30.2 Å². The lowest BCUT2D eigenvalue weighted by Crippen LogP contribution is -2.31. The average molecular weight is 514 g/mol. The number of nitriles is 1. The molecule has 1 aromatic carbocycles. The van der Waals surface area contributed by atoms with Crippen LogP contribution in [0.3, 0.4) is 0 Å². The van der Waals surface area contributed by atoms with Crippen molar-refractivity contribution in [3.63, 3.8) is 0 Å². The predicted octanol–water partition coefficient (Wildman–Crippen LogP) is 2.19. The molecule has 12 nitrogen and oxygen atoms in total. The molecule has 0 atom stereocenters. The zero-order valence-corrected chi connectivity index (χ0v) is 19.1. The molecular formula is C18H14Cl2N5O7P. The molecule has 0 radical (unpaired) electrons. The van der Waals surface area contributed by atoms with Crippen LogP contribution in [0.1, 0.15) is 16.8 Å². The van der Waals surface area contributed by atoms with Crippen molar-refractivity contribution in [2.24, 2.45) is 0 Å². The largest absolute Gasteiger partial charge is 0.471 e. The lowest BCUT2D eigenvalue weighted by atomic mass is 10.2. The Morgan fingerprint density at radius 1 is 1.18 bits per heavy atom. The van der Waals surface area contributed by atoms with E-state index in [0.29, 0.717) is 4.68 Å². The number of aromatic nitrogens is 4. The number of aryl methyl sites for hydroxylation is 1. The van der Waals surface area contributed by atoms with Crippen molar-refractivity contribution in [1.29, 1.82) is 5.26 Å². The molecule has 0 aliphatic carbocycles. The van der Waals surface area contributed by atoms with E-state index in [1.54, 1.807) is 0 Å². The Balaban J connectivity index is 1.97. The summed E-state index contributed by atoms with van der Waals surface area (Å²) in [6.45, 7) is 0.368. The Kier molecular flexibility index (Phi) is 7.34. The number of hydrogen-bond acceptors (Lipinski definition) is 8. The smallest absolute Gasteiger partial charge is 0.450 e. The van der Waals surface area contributed by atoms with Crippen LogP contribution in [0.4, 0.5) is 0 Å². The van der Waals surface area contributed by atoms with E-state index in [9.17, 15) is 14.2 Å². The van der Waals surface area contributed by atoms with Gasteiger partial charge in [0.2, 0.25) is 5.75 Å². The summed E-state index contributed by atoms with van der Waals surface area (Å²) in [6.07, 6.45) is 1.19. The van der Waals surface area contributed by atoms with E-state index in [4.69, 9.17) is 43.0 Å². The van der Waals surface area contributed by atoms with E-state index in [2.05, 4.69) is 14.6 Å². The minimum atomic E-state index is -4.86. The van der Waals surface area contributed by atoms with E-state index in [1.165, 1.54) is 37.5 Å². The molecular weight excluding hydrogens is 500 g/mol. The van der Waals surface area contributed by atoms with Crippen LogP contribution in [0, 0.1) is 18.3 Å². The van der Waals surface area contributed by atoms with Gasteiger partial charge in [0.25, 0.3) is 11.1 Å². The van der Waals surface area contributed by atoms with Gasteiger partial charge < -0.3 is 14.5 Å². The molecule has 0 saturated heterocycles. The van der Waals surface area contributed by atoms with E-state index in [1.807, 2.05) is 6.07 Å². The molecule has 0 saturated carbocycles. The summed E-state index contributed by atoms with van der Waals surface area (Å²) in [4.78, 5) is 47.3. The van der Waals surface area contributed by atoms with Crippen LogP contribution in [-0.2, 0) is 22.4 Å². The number of phosphoric ester groups is 1. The number of rotatable bonds is 7. The lowest BCUT2D eigenvalue weighted by molar-refractivity contribution is 0.141. The van der Waals surface area contributed by atoms with Crippen molar-refractivity contribution < 1.29 is 23.6 Å². The summed E-state index contributed by atoms with van der Waals surface area (Å²) in [7, 11) is -4.86. The summed E-state index contributed by atoms with van der Waals surface area (Å²) in [6, 6.07) is 7.36. The van der Waals surface area contributed by atoms with Gasteiger partial charge in [-0.05, 0) is 31.2 Å². The molecule has 2 aromatic heterocycles. The highest BCUT2D eigenvalue weighted by atomic mass is 35.5. The maximum Gasteiger partial charge on any atom is 0.471 e. The van der Waals surface area contributed by atoms with E-state index in [0.717, 1.165) is 4.57 Å². The Bertz CT molecular complexity index is 1430. The fourth-order valence-electron chi connectivity index (χ4n) is 2.66. The van der Waals surface area contributed by atoms with Gasteiger partial charge in [-0.1, -0.05) is 23.2 Å². The molecule has 3 aromatic rings. The van der Waals surface area contributed by atoms with Crippen LogP contribution in [0.25, 0.3) is 0 Å². The van der Waals surface area contributed by atoms with Crippen LogP contribution < -0.4 is 15.9 Å². The van der Waals surface area contributed by atoms with Crippen molar-refractivity contribution in [3.05, 3.63) is 78.3 Å². The first-order chi connectivity index (χ1) is 15.5. The number of benzene rings is 1. The normalized spacial score (nSPS) is 11.3. The number of hydrogen-bond donors (Lipinski definition) is 2. The second kappa shape index (κ2) is 9.84. The number of nitrogens with zero attached hydrogens (tertiary/aromatic N) is 5. The Morgan fingerprint density at radius 3 is 2.58 bits per heavy atom. The summed E-state index contributed by atoms with van der Waals surface area (Å²) in [5, 5.41) is 12.8. The third kappa shape index (κ3) is 6.27. The molecule has 15 heteroatoms. The quantitative estimate of drug-likeness (QED) is 0.446. The molecule has 2 N–H and O–H groups in total. The molecule has 0 bridgehead atoms. The first-order valence-electron chi connectivity index (χ1n) is 8.88. The van der Waals surface area contributed by atoms with Crippen LogP contribution in [0.15, 0.2) is 40.2 Å². The van der Waals surface area contributed by atoms with Gasteiger partial charge in [-0.25, -0.2) is 14.2 Å². The number of phosphoric acid groups is 1. The molecule has 0 aliphatic rings. The summed E-state index contributed by atoms with van der Waals surface area (Å²) in [5.74, 6) is -0.0170. The highest BCUT2D eigenvalue weighted by molar-refractivity contribution is 7.46. The van der Waals surface area contributed by atoms with Gasteiger partial charge in [-0.15, -0.1) is 0 Å². The van der Waals surface area contributed by atoms with E-state index in [-0.39, 0.29) is 45.0 Å². The lowest BCUT2D eigenvalue weighted by Gasteiger charge is -2.13. The maximum absolute atomic E-state index is 13.0. The first kappa shape index (κ1) is 24.6. The molecule has 0 spiro atoms. The number of halogens is 2. The molecule has 0 unspecified atom stereocenters. The monoisotopic (exact) mass is 513 g/mol. The van der Waals surface area contributed by atoms with Crippen molar-refractivity contribution in [2.45, 2.75) is 20.2 Å². The van der Waals surface area contributed by atoms with Crippen LogP contribution in [0.5, 0.6) is 11.5 Å². The van der Waals surface area contributed by atoms with E-state index < -0.39 is 25.7 Å². The van der Waals surface area contributed by atoms with Gasteiger partial charge in [-0.3, -0.25) is 18.7 Å². The predicted molar refractivity (Wildman–Crippen MR) is 115 cm³/mol. The summed E-state index contributed by atoms with van der Waals surface area (Å²) >= 11 is 11.9. The third-order valence-corrected chi connectivity index (χ3v) is 4.96.